The molecule has 0 unspecified atom stereocenters. The monoisotopic (exact) mass is 300 g/mol. The third-order valence-electron chi connectivity index (χ3n) is 3.87. The lowest BCUT2D eigenvalue weighted by atomic mass is 10.2. The van der Waals surface area contributed by atoms with Gasteiger partial charge in [0.1, 0.15) is 0 Å². The fourth-order valence-electron chi connectivity index (χ4n) is 2.65. The minimum Gasteiger partial charge on any atom is -0.493 e. The summed E-state index contributed by atoms with van der Waals surface area (Å²) in [5.41, 5.74) is 0.966. The summed E-state index contributed by atoms with van der Waals surface area (Å²) in [6.07, 6.45) is 1.81. The Morgan fingerprint density at radius 3 is 2.59 bits per heavy atom. The fraction of sp³-hybridized carbons (Fsp3) is 0.333. The number of benzene rings is 1. The average Bonchev–Trinajstić information content (AvgIpc) is 3.14. The van der Waals surface area contributed by atoms with E-state index in [0.29, 0.717) is 18.5 Å². The summed E-state index contributed by atoms with van der Waals surface area (Å²) in [5.74, 6) is -1.64. The average molecular weight is 300 g/mol. The van der Waals surface area contributed by atoms with E-state index in [4.69, 9.17) is 0 Å². The van der Waals surface area contributed by atoms with Crippen LogP contribution in [0.25, 0.3) is 10.9 Å². The molecule has 1 aliphatic rings. The van der Waals surface area contributed by atoms with Crippen LogP contribution in [-0.4, -0.2) is 39.5 Å². The minimum absolute atomic E-state index is 0.0913. The highest BCUT2D eigenvalue weighted by Gasteiger charge is 2.24. The predicted molar refractivity (Wildman–Crippen MR) is 79.9 cm³/mol. The van der Waals surface area contributed by atoms with Gasteiger partial charge in [-0.2, -0.15) is 0 Å². The molecule has 0 bridgehead atoms. The first-order valence-electron chi connectivity index (χ1n) is 7.11. The number of aromatic hydroxyl groups is 1. The summed E-state index contributed by atoms with van der Waals surface area (Å²) >= 11 is 0. The van der Waals surface area contributed by atoms with Gasteiger partial charge < -0.3 is 14.6 Å². The number of carbonyl (C=O) groups is 2. The van der Waals surface area contributed by atoms with Crippen LogP contribution < -0.4 is 0 Å². The number of fused-ring (bicyclic) bond motifs is 1. The van der Waals surface area contributed by atoms with E-state index in [0.717, 1.165) is 18.4 Å². The summed E-state index contributed by atoms with van der Waals surface area (Å²) in [5, 5.41) is 18.0. The molecule has 7 heteroatoms. The Bertz CT molecular complexity index is 772. The molecule has 3 rings (SSSR count). The molecule has 2 amide bonds. The van der Waals surface area contributed by atoms with Gasteiger partial charge in [-0.05, 0) is 18.9 Å². The Morgan fingerprint density at radius 2 is 1.86 bits per heavy atom. The maximum atomic E-state index is 11.9. The summed E-state index contributed by atoms with van der Waals surface area (Å²) in [7, 11) is 1.69. The van der Waals surface area contributed by atoms with E-state index < -0.39 is 11.8 Å². The number of amides is 2. The molecule has 1 aromatic heterocycles. The van der Waals surface area contributed by atoms with Gasteiger partial charge in [0.25, 0.3) is 0 Å². The lowest BCUT2D eigenvalue weighted by Crippen LogP contribution is -2.32. The Balaban J connectivity index is 1.88. The lowest BCUT2D eigenvalue weighted by molar-refractivity contribution is -0.143. The molecule has 1 aromatic carbocycles. The van der Waals surface area contributed by atoms with E-state index in [2.05, 4.69) is 10.2 Å². The smallest absolute Gasteiger partial charge is 0.353 e. The van der Waals surface area contributed by atoms with Gasteiger partial charge in [0.05, 0.1) is 5.52 Å². The molecule has 0 saturated carbocycles. The summed E-state index contributed by atoms with van der Waals surface area (Å²) < 4.78 is 1.55. The number of azo groups is 1. The summed E-state index contributed by atoms with van der Waals surface area (Å²) in [6, 6.07) is 7.24. The first-order valence-corrected chi connectivity index (χ1v) is 7.11. The van der Waals surface area contributed by atoms with Gasteiger partial charge in [0, 0.05) is 25.5 Å². The van der Waals surface area contributed by atoms with Crippen molar-refractivity contribution in [1.82, 2.24) is 9.47 Å². The quantitative estimate of drug-likeness (QED) is 0.646. The highest BCUT2D eigenvalue weighted by molar-refractivity contribution is 6.35. The first kappa shape index (κ1) is 14.2. The molecule has 1 aliphatic heterocycles. The number of hydrogen-bond donors (Lipinski definition) is 1. The molecule has 22 heavy (non-hydrogen) atoms. The van der Waals surface area contributed by atoms with Crippen molar-refractivity contribution < 1.29 is 14.7 Å². The van der Waals surface area contributed by atoms with Crippen LogP contribution in [0.1, 0.15) is 12.8 Å². The van der Waals surface area contributed by atoms with Gasteiger partial charge >= 0.3 is 11.8 Å². The molecule has 0 atom stereocenters. The minimum atomic E-state index is -0.908. The lowest BCUT2D eigenvalue weighted by Gasteiger charge is -2.11. The van der Waals surface area contributed by atoms with Crippen molar-refractivity contribution >= 4 is 28.4 Å². The number of carbonyl (C=O) groups excluding carboxylic acids is 2. The Kier molecular flexibility index (Phi) is 3.62. The maximum absolute atomic E-state index is 11.9. The molecule has 0 aliphatic carbocycles. The Morgan fingerprint density at radius 1 is 1.18 bits per heavy atom. The predicted octanol–water partition coefficient (Wildman–Crippen LogP) is 2.12. The number of aromatic nitrogens is 1. The molecule has 2 heterocycles. The van der Waals surface area contributed by atoms with Gasteiger partial charge in [0.15, 0.2) is 5.69 Å². The molecular weight excluding hydrogens is 284 g/mol. The van der Waals surface area contributed by atoms with Crippen molar-refractivity contribution in [2.75, 3.05) is 13.1 Å². The standard InChI is InChI=1S/C15H16N4O3/c1-18-11-7-3-2-6-10(11)12(14(18)21)16-17-13(20)15(22)19-8-4-5-9-19/h2-3,6-7,21H,4-5,8-9H2,1H3. The van der Waals surface area contributed by atoms with Crippen molar-refractivity contribution in [1.29, 1.82) is 0 Å². The molecule has 0 spiro atoms. The van der Waals surface area contributed by atoms with Crippen LogP contribution in [0.5, 0.6) is 5.88 Å². The van der Waals surface area contributed by atoms with E-state index in [1.807, 2.05) is 12.1 Å². The van der Waals surface area contributed by atoms with Gasteiger partial charge in [-0.15, -0.1) is 10.2 Å². The van der Waals surface area contributed by atoms with Crippen molar-refractivity contribution in [2.24, 2.45) is 17.3 Å². The second-order valence-corrected chi connectivity index (χ2v) is 5.25. The zero-order valence-corrected chi connectivity index (χ0v) is 12.2. The van der Waals surface area contributed by atoms with Gasteiger partial charge in [-0.25, -0.2) is 0 Å². The van der Waals surface area contributed by atoms with E-state index in [1.54, 1.807) is 23.7 Å². The van der Waals surface area contributed by atoms with E-state index in [-0.39, 0.29) is 11.6 Å². The topological polar surface area (TPSA) is 87.3 Å². The second kappa shape index (κ2) is 5.59. The molecule has 0 radical (unpaired) electrons. The maximum Gasteiger partial charge on any atom is 0.353 e. The van der Waals surface area contributed by atoms with Crippen molar-refractivity contribution in [3.05, 3.63) is 24.3 Å². The third kappa shape index (κ3) is 2.34. The number of para-hydroxylation sites is 1. The number of hydrogen-bond acceptors (Lipinski definition) is 4. The van der Waals surface area contributed by atoms with Crippen LogP contribution in [0.4, 0.5) is 5.69 Å². The van der Waals surface area contributed by atoms with Crippen LogP contribution in [0.2, 0.25) is 0 Å². The van der Waals surface area contributed by atoms with Gasteiger partial charge in [-0.1, -0.05) is 18.2 Å². The van der Waals surface area contributed by atoms with E-state index in [1.165, 1.54) is 4.90 Å². The number of aryl methyl sites for hydroxylation is 1. The second-order valence-electron chi connectivity index (χ2n) is 5.25. The largest absolute Gasteiger partial charge is 0.493 e. The molecule has 2 aromatic rings. The van der Waals surface area contributed by atoms with Crippen LogP contribution in [0, 0.1) is 0 Å². The number of rotatable bonds is 1. The fourth-order valence-corrected chi connectivity index (χ4v) is 2.65. The molecular formula is C15H16N4O3. The highest BCUT2D eigenvalue weighted by atomic mass is 16.3. The SMILES string of the molecule is Cn1c(O)c(N=NC(=O)C(=O)N2CCCC2)c2ccccc21. The zero-order valence-electron chi connectivity index (χ0n) is 12.2. The number of likely N-dealkylation sites (tertiary alicyclic amines) is 1. The third-order valence-corrected chi connectivity index (χ3v) is 3.87. The molecule has 1 saturated heterocycles. The van der Waals surface area contributed by atoms with Gasteiger partial charge in [-0.3, -0.25) is 9.59 Å². The first-order chi connectivity index (χ1) is 10.6. The van der Waals surface area contributed by atoms with Crippen LogP contribution in [0.15, 0.2) is 34.5 Å². The molecule has 114 valence electrons. The van der Waals surface area contributed by atoms with Crippen LogP contribution >= 0.6 is 0 Å². The molecule has 1 N–H and O–H groups in total. The van der Waals surface area contributed by atoms with Gasteiger partial charge in [0.2, 0.25) is 5.88 Å². The van der Waals surface area contributed by atoms with Crippen molar-refractivity contribution in [3.63, 3.8) is 0 Å². The van der Waals surface area contributed by atoms with Crippen molar-refractivity contribution in [3.8, 4) is 5.88 Å². The summed E-state index contributed by atoms with van der Waals surface area (Å²) in [6.45, 7) is 1.17. The van der Waals surface area contributed by atoms with Crippen molar-refractivity contribution in [2.45, 2.75) is 12.8 Å². The summed E-state index contributed by atoms with van der Waals surface area (Å²) in [4.78, 5) is 25.2. The van der Waals surface area contributed by atoms with E-state index in [9.17, 15) is 14.7 Å². The normalized spacial score (nSPS) is 15.0. The zero-order chi connectivity index (χ0) is 15.7. The Labute approximate surface area is 126 Å². The van der Waals surface area contributed by atoms with E-state index >= 15 is 0 Å². The van der Waals surface area contributed by atoms with Crippen LogP contribution in [-0.2, 0) is 16.6 Å². The Hall–Kier alpha value is -2.70. The molecule has 7 nitrogen and oxygen atoms in total. The molecule has 1 fully saturated rings. The number of nitrogens with zero attached hydrogens (tertiary/aromatic N) is 4. The highest BCUT2D eigenvalue weighted by Crippen LogP contribution is 2.37. The van der Waals surface area contributed by atoms with Crippen LogP contribution in [0.3, 0.4) is 0 Å².